The SMILES string of the molecule is O=S([O-])Cc1ccc(-c2ccc(Cl)cc2)cc1Cl. The van der Waals surface area contributed by atoms with Crippen LogP contribution in [0.4, 0.5) is 0 Å². The van der Waals surface area contributed by atoms with Crippen LogP contribution < -0.4 is 0 Å². The van der Waals surface area contributed by atoms with Gasteiger partial charge in [0, 0.05) is 15.8 Å². The van der Waals surface area contributed by atoms with E-state index in [1.165, 1.54) is 0 Å². The molecule has 0 spiro atoms. The summed E-state index contributed by atoms with van der Waals surface area (Å²) >= 11 is 9.74. The number of rotatable bonds is 3. The van der Waals surface area contributed by atoms with Gasteiger partial charge in [-0.1, -0.05) is 58.5 Å². The Hall–Kier alpha value is -0.870. The molecule has 0 N–H and O–H groups in total. The van der Waals surface area contributed by atoms with Gasteiger partial charge in [-0.25, -0.2) is 0 Å². The molecule has 0 saturated heterocycles. The number of benzene rings is 2. The van der Waals surface area contributed by atoms with E-state index < -0.39 is 11.1 Å². The third-order valence-electron chi connectivity index (χ3n) is 2.50. The first-order chi connectivity index (χ1) is 8.56. The zero-order valence-electron chi connectivity index (χ0n) is 9.23. The molecule has 0 aromatic heterocycles. The van der Waals surface area contributed by atoms with E-state index in [-0.39, 0.29) is 5.75 Å². The molecule has 0 heterocycles. The second kappa shape index (κ2) is 5.85. The highest BCUT2D eigenvalue weighted by molar-refractivity contribution is 7.78. The molecule has 5 heteroatoms. The molecule has 2 rings (SSSR count). The average Bonchev–Trinajstić information content (AvgIpc) is 2.32. The Bertz CT molecular complexity index is 582. The van der Waals surface area contributed by atoms with Crippen molar-refractivity contribution in [2.75, 3.05) is 0 Å². The molecule has 0 fully saturated rings. The highest BCUT2D eigenvalue weighted by atomic mass is 35.5. The molecular weight excluding hydrogens is 291 g/mol. The monoisotopic (exact) mass is 299 g/mol. The van der Waals surface area contributed by atoms with Crippen molar-refractivity contribution in [3.05, 3.63) is 58.1 Å². The van der Waals surface area contributed by atoms with Gasteiger partial charge < -0.3 is 4.55 Å². The molecule has 0 aliphatic rings. The van der Waals surface area contributed by atoms with Crippen molar-refractivity contribution in [1.29, 1.82) is 0 Å². The summed E-state index contributed by atoms with van der Waals surface area (Å²) in [5.41, 5.74) is 2.51. The Balaban J connectivity index is 2.33. The van der Waals surface area contributed by atoms with Crippen LogP contribution in [0, 0.1) is 0 Å². The lowest BCUT2D eigenvalue weighted by molar-refractivity contribution is 0.536. The second-order valence-corrected chi connectivity index (χ2v) is 5.50. The van der Waals surface area contributed by atoms with Crippen molar-refractivity contribution < 1.29 is 8.76 Å². The summed E-state index contributed by atoms with van der Waals surface area (Å²) in [6.07, 6.45) is 0. The van der Waals surface area contributed by atoms with Crippen LogP contribution in [0.3, 0.4) is 0 Å². The topological polar surface area (TPSA) is 40.1 Å². The minimum absolute atomic E-state index is 0.0697. The molecule has 94 valence electrons. The number of hydrogen-bond donors (Lipinski definition) is 0. The van der Waals surface area contributed by atoms with E-state index in [1.54, 1.807) is 24.3 Å². The van der Waals surface area contributed by atoms with Gasteiger partial charge in [-0.3, -0.25) is 4.21 Å². The molecule has 2 aromatic carbocycles. The van der Waals surface area contributed by atoms with Gasteiger partial charge in [0.1, 0.15) is 0 Å². The smallest absolute Gasteiger partial charge is 0.0453 e. The fourth-order valence-electron chi connectivity index (χ4n) is 1.61. The predicted octanol–water partition coefficient (Wildman–Crippen LogP) is 4.04. The van der Waals surface area contributed by atoms with Crippen LogP contribution >= 0.6 is 23.2 Å². The lowest BCUT2D eigenvalue weighted by Crippen LogP contribution is -1.94. The summed E-state index contributed by atoms with van der Waals surface area (Å²) in [7, 11) is 0. The molecule has 0 aliphatic carbocycles. The first-order valence-electron chi connectivity index (χ1n) is 5.16. The van der Waals surface area contributed by atoms with Gasteiger partial charge in [0.2, 0.25) is 0 Å². The Kier molecular flexibility index (Phi) is 4.40. The average molecular weight is 300 g/mol. The summed E-state index contributed by atoms with van der Waals surface area (Å²) in [6.45, 7) is 0. The lowest BCUT2D eigenvalue weighted by atomic mass is 10.0. The Morgan fingerprint density at radius 2 is 1.61 bits per heavy atom. The lowest BCUT2D eigenvalue weighted by Gasteiger charge is -2.09. The Morgan fingerprint density at radius 1 is 1.00 bits per heavy atom. The standard InChI is InChI=1S/C13H10Cl2O2S/c14-12-5-3-9(4-6-12)10-1-2-11(8-18(16)17)13(15)7-10/h1-7H,8H2,(H,16,17)/p-1. The first-order valence-corrected chi connectivity index (χ1v) is 7.16. The van der Waals surface area contributed by atoms with Crippen LogP contribution in [0.15, 0.2) is 42.5 Å². The highest BCUT2D eigenvalue weighted by Gasteiger charge is 2.04. The maximum atomic E-state index is 10.6. The third kappa shape index (κ3) is 3.33. The summed E-state index contributed by atoms with van der Waals surface area (Å²) in [5, 5.41) is 1.12. The Labute approximate surface area is 118 Å². The van der Waals surface area contributed by atoms with Crippen LogP contribution in [0.1, 0.15) is 5.56 Å². The minimum Gasteiger partial charge on any atom is -0.772 e. The zero-order chi connectivity index (χ0) is 13.1. The molecule has 18 heavy (non-hydrogen) atoms. The molecule has 0 saturated carbocycles. The molecule has 0 bridgehead atoms. The molecule has 1 atom stereocenters. The van der Waals surface area contributed by atoms with Crippen LogP contribution in [0.5, 0.6) is 0 Å². The maximum absolute atomic E-state index is 10.6. The molecule has 2 nitrogen and oxygen atoms in total. The van der Waals surface area contributed by atoms with E-state index in [4.69, 9.17) is 23.2 Å². The maximum Gasteiger partial charge on any atom is 0.0453 e. The van der Waals surface area contributed by atoms with Crippen LogP contribution in [-0.2, 0) is 16.8 Å². The predicted molar refractivity (Wildman–Crippen MR) is 74.5 cm³/mol. The molecular formula is C13H9Cl2O2S-. The summed E-state index contributed by atoms with van der Waals surface area (Å²) < 4.78 is 21.3. The minimum atomic E-state index is -2.13. The van der Waals surface area contributed by atoms with Crippen LogP contribution in [0.25, 0.3) is 11.1 Å². The Morgan fingerprint density at radius 3 is 2.17 bits per heavy atom. The molecule has 1 unspecified atom stereocenters. The van der Waals surface area contributed by atoms with Crippen molar-refractivity contribution in [3.8, 4) is 11.1 Å². The van der Waals surface area contributed by atoms with Crippen molar-refractivity contribution in [2.24, 2.45) is 0 Å². The largest absolute Gasteiger partial charge is 0.772 e. The van der Waals surface area contributed by atoms with E-state index >= 15 is 0 Å². The summed E-state index contributed by atoms with van der Waals surface area (Å²) in [6, 6.07) is 12.7. The van der Waals surface area contributed by atoms with Crippen molar-refractivity contribution >= 4 is 34.3 Å². The normalized spacial score (nSPS) is 12.4. The van der Waals surface area contributed by atoms with Crippen molar-refractivity contribution in [2.45, 2.75) is 5.75 Å². The van der Waals surface area contributed by atoms with Gasteiger partial charge in [0.05, 0.1) is 0 Å². The molecule has 2 aromatic rings. The summed E-state index contributed by atoms with van der Waals surface area (Å²) in [5.74, 6) is -0.0697. The van der Waals surface area contributed by atoms with Crippen LogP contribution in [-0.4, -0.2) is 8.76 Å². The van der Waals surface area contributed by atoms with Gasteiger partial charge in [0.15, 0.2) is 0 Å². The van der Waals surface area contributed by atoms with E-state index in [0.29, 0.717) is 15.6 Å². The van der Waals surface area contributed by atoms with Crippen LogP contribution in [0.2, 0.25) is 10.0 Å². The summed E-state index contributed by atoms with van der Waals surface area (Å²) in [4.78, 5) is 0. The van der Waals surface area contributed by atoms with Crippen molar-refractivity contribution in [3.63, 3.8) is 0 Å². The zero-order valence-corrected chi connectivity index (χ0v) is 11.6. The second-order valence-electron chi connectivity index (χ2n) is 3.76. The van der Waals surface area contributed by atoms with Gasteiger partial charge in [-0.15, -0.1) is 0 Å². The fraction of sp³-hybridized carbons (Fsp3) is 0.0769. The van der Waals surface area contributed by atoms with Gasteiger partial charge in [-0.2, -0.15) is 0 Å². The van der Waals surface area contributed by atoms with E-state index in [2.05, 4.69) is 0 Å². The number of halogens is 2. The van der Waals surface area contributed by atoms with E-state index in [0.717, 1.165) is 11.1 Å². The van der Waals surface area contributed by atoms with E-state index in [1.807, 2.05) is 18.2 Å². The highest BCUT2D eigenvalue weighted by Crippen LogP contribution is 2.27. The van der Waals surface area contributed by atoms with E-state index in [9.17, 15) is 8.76 Å². The van der Waals surface area contributed by atoms with Gasteiger partial charge in [0.25, 0.3) is 0 Å². The van der Waals surface area contributed by atoms with Crippen molar-refractivity contribution in [1.82, 2.24) is 0 Å². The molecule has 0 amide bonds. The number of hydrogen-bond acceptors (Lipinski definition) is 2. The first kappa shape index (κ1) is 13.6. The quantitative estimate of drug-likeness (QED) is 0.803. The third-order valence-corrected chi connectivity index (χ3v) is 3.65. The van der Waals surface area contributed by atoms with Gasteiger partial charge >= 0.3 is 0 Å². The fourth-order valence-corrected chi connectivity index (χ4v) is 2.57. The molecule has 0 aliphatic heterocycles. The van der Waals surface area contributed by atoms with Gasteiger partial charge in [-0.05, 0) is 34.9 Å². The molecule has 0 radical (unpaired) electrons.